The molecule has 2 rings (SSSR count). The van der Waals surface area contributed by atoms with Crippen LogP contribution in [0.3, 0.4) is 0 Å². The van der Waals surface area contributed by atoms with Gasteiger partial charge in [0.15, 0.2) is 0 Å². The molecule has 1 fully saturated rings. The summed E-state index contributed by atoms with van der Waals surface area (Å²) in [6.07, 6.45) is 6.68. The number of hydrogen-bond donors (Lipinski definition) is 1. The van der Waals surface area contributed by atoms with Gasteiger partial charge in [-0.15, -0.1) is 0 Å². The molecule has 0 aromatic heterocycles. The molecular formula is C20H35NO3. The van der Waals surface area contributed by atoms with Crippen LogP contribution in [0, 0.1) is 23.2 Å². The van der Waals surface area contributed by atoms with Crippen molar-refractivity contribution in [2.45, 2.75) is 66.4 Å². The summed E-state index contributed by atoms with van der Waals surface area (Å²) in [4.78, 5) is 12.0. The van der Waals surface area contributed by atoms with Gasteiger partial charge >= 0.3 is 6.09 Å². The van der Waals surface area contributed by atoms with Gasteiger partial charge in [-0.3, -0.25) is 0 Å². The summed E-state index contributed by atoms with van der Waals surface area (Å²) in [7, 11) is 0. The number of carbonyl (C=O) groups is 1. The van der Waals surface area contributed by atoms with Crippen molar-refractivity contribution in [2.24, 2.45) is 23.2 Å². The van der Waals surface area contributed by atoms with Gasteiger partial charge in [0.2, 0.25) is 0 Å². The fourth-order valence-electron chi connectivity index (χ4n) is 4.55. The normalized spacial score (nSPS) is 35.3. The molecule has 0 unspecified atom stereocenters. The van der Waals surface area contributed by atoms with Crippen molar-refractivity contribution in [1.29, 1.82) is 0 Å². The summed E-state index contributed by atoms with van der Waals surface area (Å²) in [6, 6.07) is 0. The smallest absolute Gasteiger partial charge is 0.407 e. The van der Waals surface area contributed by atoms with Gasteiger partial charge in [-0.25, -0.2) is 4.79 Å². The van der Waals surface area contributed by atoms with E-state index in [1.54, 1.807) is 0 Å². The molecule has 2 aliphatic rings. The van der Waals surface area contributed by atoms with E-state index in [0.29, 0.717) is 43.6 Å². The van der Waals surface area contributed by atoms with Crippen molar-refractivity contribution in [3.63, 3.8) is 0 Å². The number of rotatable bonds is 7. The van der Waals surface area contributed by atoms with E-state index in [4.69, 9.17) is 9.47 Å². The molecule has 1 aliphatic carbocycles. The fourth-order valence-corrected chi connectivity index (χ4v) is 4.55. The van der Waals surface area contributed by atoms with Gasteiger partial charge in [-0.05, 0) is 31.6 Å². The Morgan fingerprint density at radius 3 is 2.79 bits per heavy atom. The predicted molar refractivity (Wildman–Crippen MR) is 96.9 cm³/mol. The maximum Gasteiger partial charge on any atom is 0.407 e. The quantitative estimate of drug-likeness (QED) is 0.548. The van der Waals surface area contributed by atoms with E-state index in [0.717, 1.165) is 25.7 Å². The highest BCUT2D eigenvalue weighted by molar-refractivity contribution is 5.67. The lowest BCUT2D eigenvalue weighted by atomic mass is 9.56. The first kappa shape index (κ1) is 19.3. The number of alkyl carbamates (subject to hydrolysis) is 1. The molecule has 1 saturated heterocycles. The third kappa shape index (κ3) is 3.79. The second kappa shape index (κ2) is 8.37. The topological polar surface area (TPSA) is 47.6 Å². The van der Waals surface area contributed by atoms with E-state index in [2.05, 4.69) is 46.0 Å². The lowest BCUT2D eigenvalue weighted by Gasteiger charge is -2.55. The molecule has 1 amide bonds. The average molecular weight is 338 g/mol. The van der Waals surface area contributed by atoms with Crippen molar-refractivity contribution in [3.8, 4) is 0 Å². The van der Waals surface area contributed by atoms with E-state index >= 15 is 0 Å². The minimum atomic E-state index is -0.296. The zero-order valence-corrected chi connectivity index (χ0v) is 16.1. The first-order chi connectivity index (χ1) is 11.5. The monoisotopic (exact) mass is 337 g/mol. The zero-order valence-electron chi connectivity index (χ0n) is 16.1. The van der Waals surface area contributed by atoms with Crippen molar-refractivity contribution in [1.82, 2.24) is 5.32 Å². The Balaban J connectivity index is 2.06. The molecule has 1 aliphatic heterocycles. The maximum absolute atomic E-state index is 12.0. The van der Waals surface area contributed by atoms with Crippen LogP contribution >= 0.6 is 0 Å². The summed E-state index contributed by atoms with van der Waals surface area (Å²) in [5.74, 6) is 1.27. The average Bonchev–Trinajstić information content (AvgIpc) is 2.53. The van der Waals surface area contributed by atoms with Crippen molar-refractivity contribution >= 4 is 6.09 Å². The standard InChI is InChI=1S/C20H35NO3/c1-6-8-10-21-19(22)24-13-20-12-23-17(9-7-2)18(16(20)5)14(3)11-15(20)4/h11,15-18H,6-10,12-13H2,1-5H3,(H,21,22)/t15-,16+,17+,18+,20-/m0/s1. The Morgan fingerprint density at radius 1 is 1.38 bits per heavy atom. The van der Waals surface area contributed by atoms with Gasteiger partial charge in [0.25, 0.3) is 0 Å². The lowest BCUT2D eigenvalue weighted by Crippen LogP contribution is -2.57. The Bertz CT molecular complexity index is 462. The number of allylic oxidation sites excluding steroid dienone is 1. The Hall–Kier alpha value is -1.03. The number of nitrogens with one attached hydrogen (secondary N) is 1. The van der Waals surface area contributed by atoms with Gasteiger partial charge in [-0.1, -0.05) is 52.2 Å². The Morgan fingerprint density at radius 2 is 2.12 bits per heavy atom. The van der Waals surface area contributed by atoms with Gasteiger partial charge < -0.3 is 14.8 Å². The molecule has 1 N–H and O–H groups in total. The number of ether oxygens (including phenoxy) is 2. The molecule has 0 saturated carbocycles. The molecule has 0 aromatic carbocycles. The number of amides is 1. The number of fused-ring (bicyclic) bond motifs is 2. The van der Waals surface area contributed by atoms with Crippen molar-refractivity contribution < 1.29 is 14.3 Å². The summed E-state index contributed by atoms with van der Waals surface area (Å²) in [5.41, 5.74) is 1.34. The molecule has 4 nitrogen and oxygen atoms in total. The van der Waals surface area contributed by atoms with Crippen LogP contribution in [-0.2, 0) is 9.47 Å². The van der Waals surface area contributed by atoms with Crippen LogP contribution in [0.25, 0.3) is 0 Å². The maximum atomic E-state index is 12.0. The molecular weight excluding hydrogens is 302 g/mol. The highest BCUT2D eigenvalue weighted by atomic mass is 16.6. The highest BCUT2D eigenvalue weighted by Gasteiger charge is 2.53. The Labute approximate surface area is 147 Å². The molecule has 1 heterocycles. The summed E-state index contributed by atoms with van der Waals surface area (Å²) < 4.78 is 11.9. The van der Waals surface area contributed by atoms with Crippen LogP contribution < -0.4 is 5.32 Å². The number of hydrogen-bond acceptors (Lipinski definition) is 3. The molecule has 2 bridgehead atoms. The SMILES string of the molecule is CCCCNC(=O)OC[C@@]12CO[C@H](CCC)[C@H](C(C)=C[C@@H]1C)[C@H]2C. The summed E-state index contributed by atoms with van der Waals surface area (Å²) in [6.45, 7) is 12.9. The van der Waals surface area contributed by atoms with E-state index in [9.17, 15) is 4.79 Å². The Kier molecular flexibility index (Phi) is 6.73. The van der Waals surface area contributed by atoms with E-state index in [1.807, 2.05) is 0 Å². The third-order valence-electron chi connectivity index (χ3n) is 6.20. The van der Waals surface area contributed by atoms with Crippen LogP contribution in [-0.4, -0.2) is 32.0 Å². The minimum absolute atomic E-state index is 0.101. The molecule has 4 heteroatoms. The summed E-state index contributed by atoms with van der Waals surface area (Å²) >= 11 is 0. The molecule has 24 heavy (non-hydrogen) atoms. The first-order valence-corrected chi connectivity index (χ1v) is 9.66. The summed E-state index contributed by atoms with van der Waals surface area (Å²) in [5, 5.41) is 2.84. The third-order valence-corrected chi connectivity index (χ3v) is 6.20. The molecule has 138 valence electrons. The second-order valence-electron chi connectivity index (χ2n) is 7.74. The second-order valence-corrected chi connectivity index (χ2v) is 7.74. The van der Waals surface area contributed by atoms with Crippen molar-refractivity contribution in [3.05, 3.63) is 11.6 Å². The minimum Gasteiger partial charge on any atom is -0.449 e. The molecule has 5 atom stereocenters. The molecule has 0 aromatic rings. The molecule has 0 radical (unpaired) electrons. The van der Waals surface area contributed by atoms with Crippen LogP contribution in [0.5, 0.6) is 0 Å². The zero-order chi connectivity index (χ0) is 17.7. The predicted octanol–water partition coefficient (Wildman–Crippen LogP) is 4.55. The number of carbonyl (C=O) groups excluding carboxylic acids is 1. The van der Waals surface area contributed by atoms with Crippen molar-refractivity contribution in [2.75, 3.05) is 19.8 Å². The van der Waals surface area contributed by atoms with Gasteiger partial charge in [-0.2, -0.15) is 0 Å². The largest absolute Gasteiger partial charge is 0.449 e. The van der Waals surface area contributed by atoms with Crippen LogP contribution in [0.15, 0.2) is 11.6 Å². The van der Waals surface area contributed by atoms with E-state index < -0.39 is 0 Å². The van der Waals surface area contributed by atoms with Crippen LogP contribution in [0.1, 0.15) is 60.3 Å². The first-order valence-electron chi connectivity index (χ1n) is 9.66. The van der Waals surface area contributed by atoms with Crippen LogP contribution in [0.2, 0.25) is 0 Å². The molecule has 0 spiro atoms. The number of unbranched alkanes of at least 4 members (excludes halogenated alkanes) is 1. The fraction of sp³-hybridized carbons (Fsp3) is 0.850. The van der Waals surface area contributed by atoms with Crippen LogP contribution in [0.4, 0.5) is 4.79 Å². The van der Waals surface area contributed by atoms with Gasteiger partial charge in [0, 0.05) is 17.9 Å². The van der Waals surface area contributed by atoms with E-state index in [1.165, 1.54) is 5.57 Å². The van der Waals surface area contributed by atoms with Gasteiger partial charge in [0.05, 0.1) is 12.7 Å². The van der Waals surface area contributed by atoms with E-state index in [-0.39, 0.29) is 11.5 Å². The van der Waals surface area contributed by atoms with Gasteiger partial charge in [0.1, 0.15) is 6.61 Å². The highest BCUT2D eigenvalue weighted by Crippen LogP contribution is 2.53. The lowest BCUT2D eigenvalue weighted by molar-refractivity contribution is -0.164.